The summed E-state index contributed by atoms with van der Waals surface area (Å²) in [5.41, 5.74) is 4.39. The molecule has 0 aliphatic rings. The minimum absolute atomic E-state index is 0.0184. The largest absolute Gasteiger partial charge is 0.324 e. The van der Waals surface area contributed by atoms with Crippen LogP contribution >= 0.6 is 0 Å². The van der Waals surface area contributed by atoms with E-state index in [0.717, 1.165) is 36.3 Å². The third kappa shape index (κ3) is 5.72. The molecule has 0 fully saturated rings. The van der Waals surface area contributed by atoms with Gasteiger partial charge in [-0.1, -0.05) is 17.7 Å². The molecule has 0 saturated carbocycles. The Kier molecular flexibility index (Phi) is 6.68. The number of anilines is 1. The third-order valence-corrected chi connectivity index (χ3v) is 3.19. The summed E-state index contributed by atoms with van der Waals surface area (Å²) in [6.07, 6.45) is 1.04. The number of hydrogen-bond donors (Lipinski definition) is 2. The van der Waals surface area contributed by atoms with Crippen molar-refractivity contribution >= 4 is 11.6 Å². The normalized spacial score (nSPS) is 10.9. The molecule has 0 unspecified atom stereocenters. The van der Waals surface area contributed by atoms with Gasteiger partial charge in [-0.2, -0.15) is 0 Å². The van der Waals surface area contributed by atoms with Crippen molar-refractivity contribution in [1.82, 2.24) is 10.2 Å². The van der Waals surface area contributed by atoms with Crippen molar-refractivity contribution in [2.75, 3.05) is 39.0 Å². The van der Waals surface area contributed by atoms with E-state index in [1.165, 1.54) is 5.56 Å². The van der Waals surface area contributed by atoms with Gasteiger partial charge in [0.1, 0.15) is 0 Å². The first-order valence-corrected chi connectivity index (χ1v) is 7.13. The molecule has 0 bridgehead atoms. The first kappa shape index (κ1) is 16.7. The molecule has 0 radical (unpaired) electrons. The molecule has 0 spiro atoms. The van der Waals surface area contributed by atoms with Crippen molar-refractivity contribution in [1.29, 1.82) is 0 Å². The van der Waals surface area contributed by atoms with Gasteiger partial charge in [-0.05, 0) is 65.5 Å². The van der Waals surface area contributed by atoms with Crippen LogP contribution in [-0.2, 0) is 4.79 Å². The Morgan fingerprint density at radius 3 is 2.30 bits per heavy atom. The van der Waals surface area contributed by atoms with Gasteiger partial charge in [-0.15, -0.1) is 0 Å². The molecule has 1 aromatic rings. The van der Waals surface area contributed by atoms with Gasteiger partial charge in [0, 0.05) is 5.69 Å². The monoisotopic (exact) mass is 277 g/mol. The van der Waals surface area contributed by atoms with Gasteiger partial charge in [0.25, 0.3) is 0 Å². The molecule has 4 heteroatoms. The molecule has 4 nitrogen and oxygen atoms in total. The van der Waals surface area contributed by atoms with Crippen LogP contribution in [0.3, 0.4) is 0 Å². The average molecular weight is 277 g/mol. The molecule has 0 aromatic heterocycles. The maximum Gasteiger partial charge on any atom is 0.238 e. The van der Waals surface area contributed by atoms with Crippen LogP contribution in [0.4, 0.5) is 5.69 Å². The molecule has 1 rings (SSSR count). The summed E-state index contributed by atoms with van der Waals surface area (Å²) in [5, 5.41) is 6.17. The average Bonchev–Trinajstić information content (AvgIpc) is 2.33. The maximum absolute atomic E-state index is 11.9. The molecule has 20 heavy (non-hydrogen) atoms. The number of aryl methyl sites for hydroxylation is 3. The third-order valence-electron chi connectivity index (χ3n) is 3.19. The fourth-order valence-corrected chi connectivity index (χ4v) is 2.28. The van der Waals surface area contributed by atoms with Crippen molar-refractivity contribution < 1.29 is 4.79 Å². The quantitative estimate of drug-likeness (QED) is 0.750. The maximum atomic E-state index is 11.9. The number of carbonyl (C=O) groups is 1. The lowest BCUT2D eigenvalue weighted by atomic mass is 10.1. The van der Waals surface area contributed by atoms with E-state index >= 15 is 0 Å². The van der Waals surface area contributed by atoms with Crippen LogP contribution in [-0.4, -0.2) is 44.5 Å². The SMILES string of the molecule is Cc1cc(C)c(NC(=O)CNCCCN(C)C)c(C)c1. The highest BCUT2D eigenvalue weighted by atomic mass is 16.1. The Morgan fingerprint density at radius 2 is 1.75 bits per heavy atom. The van der Waals surface area contributed by atoms with E-state index in [2.05, 4.69) is 48.7 Å². The lowest BCUT2D eigenvalue weighted by molar-refractivity contribution is -0.115. The molecular weight excluding hydrogens is 250 g/mol. The number of hydrogen-bond acceptors (Lipinski definition) is 3. The second kappa shape index (κ2) is 8.02. The summed E-state index contributed by atoms with van der Waals surface area (Å²) in [6, 6.07) is 4.18. The van der Waals surface area contributed by atoms with Crippen molar-refractivity contribution in [3.63, 3.8) is 0 Å². The summed E-state index contributed by atoms with van der Waals surface area (Å²) in [5.74, 6) is 0.0184. The van der Waals surface area contributed by atoms with Crippen LogP contribution in [0.2, 0.25) is 0 Å². The summed E-state index contributed by atoms with van der Waals surface area (Å²) in [6.45, 7) is 8.38. The van der Waals surface area contributed by atoms with Crippen LogP contribution < -0.4 is 10.6 Å². The first-order chi connectivity index (χ1) is 9.40. The molecule has 112 valence electrons. The molecule has 0 saturated heterocycles. The molecule has 1 amide bonds. The van der Waals surface area contributed by atoms with E-state index in [1.54, 1.807) is 0 Å². The molecule has 2 N–H and O–H groups in total. The predicted molar refractivity (Wildman–Crippen MR) is 85.3 cm³/mol. The lowest BCUT2D eigenvalue weighted by Gasteiger charge is -2.13. The van der Waals surface area contributed by atoms with Gasteiger partial charge in [0.2, 0.25) is 5.91 Å². The zero-order valence-corrected chi connectivity index (χ0v) is 13.3. The van der Waals surface area contributed by atoms with E-state index in [4.69, 9.17) is 0 Å². The van der Waals surface area contributed by atoms with Gasteiger partial charge < -0.3 is 15.5 Å². The van der Waals surface area contributed by atoms with Crippen LogP contribution in [0.25, 0.3) is 0 Å². The summed E-state index contributed by atoms with van der Waals surface area (Å²) in [7, 11) is 4.10. The van der Waals surface area contributed by atoms with E-state index in [0.29, 0.717) is 6.54 Å². The number of nitrogens with one attached hydrogen (secondary N) is 2. The first-order valence-electron chi connectivity index (χ1n) is 7.13. The Labute approximate surface area is 122 Å². The number of amides is 1. The van der Waals surface area contributed by atoms with Gasteiger partial charge in [0.15, 0.2) is 0 Å². The minimum atomic E-state index is 0.0184. The van der Waals surface area contributed by atoms with Crippen molar-refractivity contribution in [3.05, 3.63) is 28.8 Å². The Balaban J connectivity index is 2.39. The summed E-state index contributed by atoms with van der Waals surface area (Å²) >= 11 is 0. The fourth-order valence-electron chi connectivity index (χ4n) is 2.28. The van der Waals surface area contributed by atoms with Crippen LogP contribution in [0, 0.1) is 20.8 Å². The van der Waals surface area contributed by atoms with Crippen molar-refractivity contribution in [2.45, 2.75) is 27.2 Å². The van der Waals surface area contributed by atoms with Gasteiger partial charge in [-0.25, -0.2) is 0 Å². The molecule has 0 aliphatic heterocycles. The van der Waals surface area contributed by atoms with Gasteiger partial charge in [0.05, 0.1) is 6.54 Å². The highest BCUT2D eigenvalue weighted by Crippen LogP contribution is 2.21. The molecule has 0 heterocycles. The molecule has 0 atom stereocenters. The number of rotatable bonds is 7. The highest BCUT2D eigenvalue weighted by Gasteiger charge is 2.07. The highest BCUT2D eigenvalue weighted by molar-refractivity contribution is 5.93. The molecule has 1 aromatic carbocycles. The van der Waals surface area contributed by atoms with Gasteiger partial charge >= 0.3 is 0 Å². The number of nitrogens with zero attached hydrogens (tertiary/aromatic N) is 1. The minimum Gasteiger partial charge on any atom is -0.324 e. The smallest absolute Gasteiger partial charge is 0.238 e. The van der Waals surface area contributed by atoms with E-state index in [-0.39, 0.29) is 5.91 Å². The second-order valence-electron chi connectivity index (χ2n) is 5.66. The Morgan fingerprint density at radius 1 is 1.15 bits per heavy atom. The molecular formula is C16H27N3O. The van der Waals surface area contributed by atoms with Gasteiger partial charge in [-0.3, -0.25) is 4.79 Å². The molecule has 0 aliphatic carbocycles. The van der Waals surface area contributed by atoms with Crippen molar-refractivity contribution in [3.8, 4) is 0 Å². The lowest BCUT2D eigenvalue weighted by Crippen LogP contribution is -2.30. The van der Waals surface area contributed by atoms with Crippen molar-refractivity contribution in [2.24, 2.45) is 0 Å². The standard InChI is InChI=1S/C16H27N3O/c1-12-9-13(2)16(14(3)10-12)18-15(20)11-17-7-6-8-19(4)5/h9-10,17H,6-8,11H2,1-5H3,(H,18,20). The van der Waals surface area contributed by atoms with Crippen LogP contribution in [0.5, 0.6) is 0 Å². The summed E-state index contributed by atoms with van der Waals surface area (Å²) < 4.78 is 0. The zero-order valence-electron chi connectivity index (χ0n) is 13.3. The Hall–Kier alpha value is -1.39. The number of carbonyl (C=O) groups excluding carboxylic acids is 1. The number of benzene rings is 1. The van der Waals surface area contributed by atoms with Crippen LogP contribution in [0.15, 0.2) is 12.1 Å². The second-order valence-corrected chi connectivity index (χ2v) is 5.66. The predicted octanol–water partition coefficient (Wildman–Crippen LogP) is 2.09. The fraction of sp³-hybridized carbons (Fsp3) is 0.562. The zero-order chi connectivity index (χ0) is 15.1. The van der Waals surface area contributed by atoms with E-state index in [9.17, 15) is 4.79 Å². The summed E-state index contributed by atoms with van der Waals surface area (Å²) in [4.78, 5) is 14.1. The van der Waals surface area contributed by atoms with Crippen LogP contribution in [0.1, 0.15) is 23.1 Å². The topological polar surface area (TPSA) is 44.4 Å². The Bertz CT molecular complexity index is 432. The van der Waals surface area contributed by atoms with E-state index < -0.39 is 0 Å². The van der Waals surface area contributed by atoms with E-state index in [1.807, 2.05) is 13.8 Å².